The third-order valence-electron chi connectivity index (χ3n) is 8.22. The van der Waals surface area contributed by atoms with Gasteiger partial charge in [0, 0.05) is 55.1 Å². The molecule has 0 bridgehead atoms. The molecule has 0 unspecified atom stereocenters. The Morgan fingerprint density at radius 1 is 1.00 bits per heavy atom. The minimum atomic E-state index is -0.328. The van der Waals surface area contributed by atoms with E-state index in [1.165, 1.54) is 24.5 Å². The summed E-state index contributed by atoms with van der Waals surface area (Å²) >= 11 is 0. The lowest BCUT2D eigenvalue weighted by atomic mass is 9.97. The van der Waals surface area contributed by atoms with Gasteiger partial charge in [-0.1, -0.05) is 6.08 Å². The topological polar surface area (TPSA) is 81.7 Å². The number of rotatable bonds is 7. The number of hydrogen-bond donors (Lipinski definition) is 2. The Kier molecular flexibility index (Phi) is 6.98. The fourth-order valence-electron chi connectivity index (χ4n) is 6.06. The molecule has 6 heterocycles. The fourth-order valence-corrected chi connectivity index (χ4v) is 6.06. The van der Waals surface area contributed by atoms with Crippen LogP contribution in [0.5, 0.6) is 5.75 Å². The van der Waals surface area contributed by atoms with Gasteiger partial charge in [0.2, 0.25) is 0 Å². The molecule has 3 aliphatic rings. The van der Waals surface area contributed by atoms with Crippen molar-refractivity contribution in [2.75, 3.05) is 57.9 Å². The second-order valence-corrected chi connectivity index (χ2v) is 11.0. The maximum Gasteiger partial charge on any atom is 0.139 e. The molecule has 0 amide bonds. The first-order valence-electron chi connectivity index (χ1n) is 14.4. The molecule has 1 saturated heterocycles. The minimum Gasteiger partial charge on any atom is -0.492 e. The van der Waals surface area contributed by atoms with Crippen molar-refractivity contribution in [3.05, 3.63) is 77.6 Å². The zero-order chi connectivity index (χ0) is 27.8. The van der Waals surface area contributed by atoms with Crippen molar-refractivity contribution in [2.45, 2.75) is 19.3 Å². The average molecular weight is 552 g/mol. The van der Waals surface area contributed by atoms with Gasteiger partial charge >= 0.3 is 0 Å². The van der Waals surface area contributed by atoms with E-state index in [1.54, 1.807) is 18.5 Å². The summed E-state index contributed by atoms with van der Waals surface area (Å²) in [5.41, 5.74) is 7.63. The fraction of sp³-hybridized carbons (Fsp3) is 0.344. The first-order valence-corrected chi connectivity index (χ1v) is 14.4. The average Bonchev–Trinajstić information content (AvgIpc) is 3.67. The van der Waals surface area contributed by atoms with Crippen LogP contribution < -0.4 is 15.0 Å². The van der Waals surface area contributed by atoms with Crippen molar-refractivity contribution in [3.8, 4) is 16.9 Å². The summed E-state index contributed by atoms with van der Waals surface area (Å²) in [6, 6.07) is 9.20. The maximum atomic E-state index is 14.8. The van der Waals surface area contributed by atoms with Gasteiger partial charge in [0.15, 0.2) is 0 Å². The standard InChI is InChI=1S/C32H34FN7O/c1-39-20-37-31(27-14-23(17-36-32(27)39)21-4-6-34-7-5-21)29-16-26-28(18-35-19-30(26)38-29)22-12-24(33)15-25(13-22)41-11-10-40-8-2-3-9-40/h4,12-19,34,38H,2-3,5-11,20H2,1H3. The highest BCUT2D eigenvalue weighted by Gasteiger charge is 2.24. The molecule has 0 aliphatic carbocycles. The lowest BCUT2D eigenvalue weighted by molar-refractivity contribution is 0.237. The van der Waals surface area contributed by atoms with Gasteiger partial charge in [-0.05, 0) is 79.9 Å². The Bertz CT molecular complexity index is 1650. The van der Waals surface area contributed by atoms with Crippen molar-refractivity contribution in [3.63, 3.8) is 0 Å². The molecule has 0 atom stereocenters. The lowest BCUT2D eigenvalue weighted by Gasteiger charge is -2.26. The summed E-state index contributed by atoms with van der Waals surface area (Å²) in [4.78, 5) is 22.2. The zero-order valence-electron chi connectivity index (χ0n) is 23.3. The molecule has 2 N–H and O–H groups in total. The molecule has 7 rings (SSSR count). The van der Waals surface area contributed by atoms with Crippen LogP contribution in [0, 0.1) is 5.82 Å². The number of nitrogens with one attached hydrogen (secondary N) is 2. The van der Waals surface area contributed by atoms with Gasteiger partial charge in [0.05, 0.1) is 23.1 Å². The van der Waals surface area contributed by atoms with E-state index in [0.717, 1.165) is 89.5 Å². The number of aliphatic imine (C=N–C) groups is 1. The second kappa shape index (κ2) is 11.1. The Labute approximate surface area is 239 Å². The van der Waals surface area contributed by atoms with Crippen LogP contribution in [0.2, 0.25) is 0 Å². The maximum absolute atomic E-state index is 14.8. The second-order valence-electron chi connectivity index (χ2n) is 11.0. The summed E-state index contributed by atoms with van der Waals surface area (Å²) in [7, 11) is 2.01. The number of pyridine rings is 2. The third kappa shape index (κ3) is 5.23. The Morgan fingerprint density at radius 2 is 1.90 bits per heavy atom. The van der Waals surface area contributed by atoms with Crippen molar-refractivity contribution < 1.29 is 9.13 Å². The first kappa shape index (κ1) is 25.9. The Balaban J connectivity index is 1.22. The molecule has 1 fully saturated rings. The molecule has 0 saturated carbocycles. The molecule has 0 spiro atoms. The molecule has 0 radical (unpaired) electrons. The molecule has 9 heteroatoms. The van der Waals surface area contributed by atoms with Gasteiger partial charge < -0.3 is 19.9 Å². The number of aromatic amines is 1. The number of benzene rings is 1. The zero-order valence-corrected chi connectivity index (χ0v) is 23.3. The summed E-state index contributed by atoms with van der Waals surface area (Å²) in [5.74, 6) is 1.11. The minimum absolute atomic E-state index is 0.328. The summed E-state index contributed by atoms with van der Waals surface area (Å²) in [6.07, 6.45) is 11.3. The number of nitrogens with zero attached hydrogens (tertiary/aromatic N) is 5. The van der Waals surface area contributed by atoms with E-state index >= 15 is 0 Å². The van der Waals surface area contributed by atoms with E-state index < -0.39 is 0 Å². The molecular weight excluding hydrogens is 517 g/mol. The number of fused-ring (bicyclic) bond motifs is 2. The largest absolute Gasteiger partial charge is 0.492 e. The number of aromatic nitrogens is 3. The van der Waals surface area contributed by atoms with Gasteiger partial charge in [-0.2, -0.15) is 0 Å². The van der Waals surface area contributed by atoms with E-state index in [0.29, 0.717) is 19.0 Å². The van der Waals surface area contributed by atoms with Crippen LogP contribution in [0.15, 0.2) is 60.0 Å². The molecule has 210 valence electrons. The van der Waals surface area contributed by atoms with Crippen LogP contribution in [0.1, 0.15) is 36.1 Å². The normalized spacial score (nSPS) is 17.5. The monoisotopic (exact) mass is 551 g/mol. The van der Waals surface area contributed by atoms with Crippen LogP contribution >= 0.6 is 0 Å². The lowest BCUT2D eigenvalue weighted by Crippen LogP contribution is -2.28. The van der Waals surface area contributed by atoms with E-state index in [-0.39, 0.29) is 5.82 Å². The number of ether oxygens (including phenoxy) is 1. The van der Waals surface area contributed by atoms with E-state index in [4.69, 9.17) is 14.7 Å². The van der Waals surface area contributed by atoms with Crippen molar-refractivity contribution in [2.24, 2.45) is 4.99 Å². The molecule has 41 heavy (non-hydrogen) atoms. The Hall–Kier alpha value is -4.08. The molecule has 4 aromatic rings. The highest BCUT2D eigenvalue weighted by atomic mass is 19.1. The predicted octanol–water partition coefficient (Wildman–Crippen LogP) is 4.86. The van der Waals surface area contributed by atoms with Crippen LogP contribution in [0.4, 0.5) is 10.2 Å². The highest BCUT2D eigenvalue weighted by molar-refractivity contribution is 6.18. The summed E-state index contributed by atoms with van der Waals surface area (Å²) < 4.78 is 20.8. The van der Waals surface area contributed by atoms with Crippen molar-refractivity contribution in [1.82, 2.24) is 25.2 Å². The van der Waals surface area contributed by atoms with Gasteiger partial charge in [-0.25, -0.2) is 9.37 Å². The van der Waals surface area contributed by atoms with Gasteiger partial charge in [0.25, 0.3) is 0 Å². The van der Waals surface area contributed by atoms with Crippen LogP contribution in [-0.4, -0.2) is 78.6 Å². The smallest absolute Gasteiger partial charge is 0.139 e. The van der Waals surface area contributed by atoms with E-state index in [2.05, 4.69) is 43.3 Å². The Morgan fingerprint density at radius 3 is 2.76 bits per heavy atom. The molecule has 3 aliphatic heterocycles. The number of halogens is 1. The quantitative estimate of drug-likeness (QED) is 0.342. The van der Waals surface area contributed by atoms with Gasteiger partial charge in [-0.15, -0.1) is 0 Å². The van der Waals surface area contributed by atoms with E-state index in [1.807, 2.05) is 19.3 Å². The molecule has 3 aromatic heterocycles. The number of anilines is 1. The van der Waals surface area contributed by atoms with Crippen LogP contribution in [0.3, 0.4) is 0 Å². The van der Waals surface area contributed by atoms with Crippen molar-refractivity contribution in [1.29, 1.82) is 0 Å². The third-order valence-corrected chi connectivity index (χ3v) is 8.22. The van der Waals surface area contributed by atoms with Crippen LogP contribution in [-0.2, 0) is 0 Å². The molecular formula is C32H34FN7O. The van der Waals surface area contributed by atoms with Crippen molar-refractivity contribution >= 4 is 28.0 Å². The number of H-pyrrole nitrogens is 1. The SMILES string of the molecule is CN1CN=C(c2cc3c(-c4cc(F)cc(OCCN5CCCC5)c4)cncc3[nH]2)c2cc(C3=CCNCC3)cnc21. The number of hydrogen-bond acceptors (Lipinski definition) is 7. The predicted molar refractivity (Wildman–Crippen MR) is 161 cm³/mol. The molecule has 1 aromatic carbocycles. The van der Waals surface area contributed by atoms with Gasteiger partial charge in [-0.3, -0.25) is 14.9 Å². The van der Waals surface area contributed by atoms with E-state index in [9.17, 15) is 4.39 Å². The highest BCUT2D eigenvalue weighted by Crippen LogP contribution is 2.34. The summed E-state index contributed by atoms with van der Waals surface area (Å²) in [6.45, 7) is 5.97. The number of likely N-dealkylation sites (tertiary alicyclic amines) is 1. The molecule has 8 nitrogen and oxygen atoms in total. The van der Waals surface area contributed by atoms with Gasteiger partial charge in [0.1, 0.15) is 30.7 Å². The van der Waals surface area contributed by atoms with Crippen LogP contribution in [0.25, 0.3) is 27.6 Å². The first-order chi connectivity index (χ1) is 20.1. The summed E-state index contributed by atoms with van der Waals surface area (Å²) in [5, 5.41) is 4.33.